The monoisotopic (exact) mass is 459 g/mol. The molecular weight excluding hydrogens is 431 g/mol. The Hall–Kier alpha value is -2.56. The van der Waals surface area contributed by atoms with E-state index >= 15 is 0 Å². The number of amides is 3. The highest BCUT2D eigenvalue weighted by Crippen LogP contribution is 2.43. The summed E-state index contributed by atoms with van der Waals surface area (Å²) in [5.74, 6) is -2.48. The molecule has 0 radical (unpaired) electrons. The SMILES string of the molecule is CC(C)(C)[Si](C)(C)N1C(=O)C(NC(=O)OCc2ccccc2)C1CNC(=O)C(F)(F)F. The van der Waals surface area contributed by atoms with Gasteiger partial charge in [0.05, 0.1) is 6.04 Å². The first-order valence-electron chi connectivity index (χ1n) is 9.81. The van der Waals surface area contributed by atoms with Crippen LogP contribution in [0.15, 0.2) is 30.3 Å². The molecule has 1 aliphatic heterocycles. The standard InChI is InChI=1S/C20H28F3N3O4Si/c1-19(2,3)31(4,5)26-14(11-24-17(28)20(21,22)23)15(16(26)27)25-18(29)30-12-13-9-7-6-8-10-13/h6-10,14-15H,11-12H2,1-5H3,(H,24,28)(H,25,29). The number of halogens is 3. The molecule has 2 N–H and O–H groups in total. The van der Waals surface area contributed by atoms with Crippen molar-refractivity contribution in [3.8, 4) is 0 Å². The van der Waals surface area contributed by atoms with Crippen LogP contribution in [0.2, 0.25) is 18.1 Å². The summed E-state index contributed by atoms with van der Waals surface area (Å²) < 4.78 is 44.5. The molecule has 7 nitrogen and oxygen atoms in total. The molecular formula is C20H28F3N3O4Si. The lowest BCUT2D eigenvalue weighted by molar-refractivity contribution is -0.174. The van der Waals surface area contributed by atoms with Crippen LogP contribution in [0.1, 0.15) is 26.3 Å². The van der Waals surface area contributed by atoms with Crippen molar-refractivity contribution < 1.29 is 32.3 Å². The molecule has 2 rings (SSSR count). The van der Waals surface area contributed by atoms with E-state index in [2.05, 4.69) is 5.32 Å². The van der Waals surface area contributed by atoms with Crippen LogP contribution in [-0.4, -0.2) is 55.5 Å². The van der Waals surface area contributed by atoms with Crippen molar-refractivity contribution in [2.24, 2.45) is 0 Å². The van der Waals surface area contributed by atoms with E-state index in [1.54, 1.807) is 28.8 Å². The van der Waals surface area contributed by atoms with E-state index in [-0.39, 0.29) is 11.6 Å². The van der Waals surface area contributed by atoms with E-state index in [4.69, 9.17) is 4.74 Å². The lowest BCUT2D eigenvalue weighted by Crippen LogP contribution is -2.80. The molecule has 0 aromatic heterocycles. The van der Waals surface area contributed by atoms with E-state index in [0.29, 0.717) is 0 Å². The summed E-state index contributed by atoms with van der Waals surface area (Å²) in [6.45, 7) is 9.25. The maximum atomic E-state index is 12.9. The van der Waals surface area contributed by atoms with Gasteiger partial charge in [0.25, 0.3) is 0 Å². The Bertz CT molecular complexity index is 825. The molecule has 172 valence electrons. The number of rotatable bonds is 6. The highest BCUT2D eigenvalue weighted by Gasteiger charge is 2.58. The molecule has 1 fully saturated rings. The topological polar surface area (TPSA) is 87.7 Å². The van der Waals surface area contributed by atoms with Gasteiger partial charge in [-0.3, -0.25) is 9.59 Å². The largest absolute Gasteiger partial charge is 0.471 e. The fraction of sp³-hybridized carbons (Fsp3) is 0.550. The Morgan fingerprint density at radius 3 is 2.23 bits per heavy atom. The molecule has 1 aromatic rings. The number of alkyl carbamates (subject to hydrolysis) is 1. The van der Waals surface area contributed by atoms with Gasteiger partial charge in [0.2, 0.25) is 5.91 Å². The zero-order valence-electron chi connectivity index (χ0n) is 18.2. The van der Waals surface area contributed by atoms with Crippen LogP contribution in [0, 0.1) is 0 Å². The third-order valence-corrected chi connectivity index (χ3v) is 11.3. The molecule has 2 atom stereocenters. The smallest absolute Gasteiger partial charge is 0.445 e. The average molecular weight is 460 g/mol. The molecule has 0 aliphatic carbocycles. The molecule has 2 unspecified atom stereocenters. The number of hydrogen-bond donors (Lipinski definition) is 2. The molecule has 1 aliphatic rings. The third kappa shape index (κ3) is 5.57. The van der Waals surface area contributed by atoms with E-state index in [1.807, 2.05) is 45.2 Å². The van der Waals surface area contributed by atoms with Gasteiger partial charge in [0, 0.05) is 6.54 Å². The predicted octanol–water partition coefficient (Wildman–Crippen LogP) is 3.18. The summed E-state index contributed by atoms with van der Waals surface area (Å²) in [7, 11) is -2.47. The summed E-state index contributed by atoms with van der Waals surface area (Å²) in [4.78, 5) is 36.4. The lowest BCUT2D eigenvalue weighted by atomic mass is 9.99. The maximum Gasteiger partial charge on any atom is 0.471 e. The van der Waals surface area contributed by atoms with Gasteiger partial charge in [-0.05, 0) is 10.6 Å². The first-order valence-corrected chi connectivity index (χ1v) is 12.8. The number of ether oxygens (including phenoxy) is 1. The van der Waals surface area contributed by atoms with Crippen molar-refractivity contribution in [2.75, 3.05) is 6.54 Å². The summed E-state index contributed by atoms with van der Waals surface area (Å²) >= 11 is 0. The van der Waals surface area contributed by atoms with Gasteiger partial charge < -0.3 is 19.9 Å². The number of benzene rings is 1. The summed E-state index contributed by atoms with van der Waals surface area (Å²) in [5, 5.41) is 3.99. The van der Waals surface area contributed by atoms with Crippen LogP contribution in [0.5, 0.6) is 0 Å². The molecule has 1 aromatic carbocycles. The molecule has 11 heteroatoms. The highest BCUT2D eigenvalue weighted by molar-refractivity contribution is 6.80. The fourth-order valence-corrected chi connectivity index (χ4v) is 5.63. The van der Waals surface area contributed by atoms with Gasteiger partial charge >= 0.3 is 18.2 Å². The van der Waals surface area contributed by atoms with Crippen LogP contribution < -0.4 is 10.6 Å². The quantitative estimate of drug-likeness (QED) is 0.505. The molecule has 0 bridgehead atoms. The Kier molecular flexibility index (Phi) is 7.09. The number of carbonyl (C=O) groups excluding carboxylic acids is 3. The van der Waals surface area contributed by atoms with Crippen molar-refractivity contribution >= 4 is 26.1 Å². The van der Waals surface area contributed by atoms with Crippen LogP contribution in [0.4, 0.5) is 18.0 Å². The van der Waals surface area contributed by atoms with Crippen molar-refractivity contribution in [3.05, 3.63) is 35.9 Å². The summed E-state index contributed by atoms with van der Waals surface area (Å²) in [6.07, 6.45) is -5.89. The van der Waals surface area contributed by atoms with Crippen molar-refractivity contribution in [1.29, 1.82) is 0 Å². The number of carbonyl (C=O) groups is 3. The van der Waals surface area contributed by atoms with Crippen LogP contribution in [0.3, 0.4) is 0 Å². The Labute approximate surface area is 180 Å². The summed E-state index contributed by atoms with van der Waals surface area (Å²) in [5.41, 5.74) is 0.745. The normalized spacial score (nSPS) is 19.5. The van der Waals surface area contributed by atoms with Crippen LogP contribution >= 0.6 is 0 Å². The summed E-state index contributed by atoms with van der Waals surface area (Å²) in [6, 6.07) is 7.01. The number of β-lactam (4-membered cyclic amide) rings is 1. The fourth-order valence-electron chi connectivity index (χ4n) is 3.15. The first-order chi connectivity index (χ1) is 14.2. The number of hydrogen-bond acceptors (Lipinski definition) is 4. The van der Waals surface area contributed by atoms with Crippen LogP contribution in [-0.2, 0) is 20.9 Å². The highest BCUT2D eigenvalue weighted by atomic mass is 28.3. The molecule has 31 heavy (non-hydrogen) atoms. The van der Waals surface area contributed by atoms with Crippen molar-refractivity contribution in [3.63, 3.8) is 0 Å². The maximum absolute atomic E-state index is 12.9. The zero-order chi connectivity index (χ0) is 23.6. The van der Waals surface area contributed by atoms with Gasteiger partial charge in [-0.2, -0.15) is 13.2 Å². The average Bonchev–Trinajstić information content (AvgIpc) is 2.66. The second-order valence-corrected chi connectivity index (χ2v) is 14.1. The van der Waals surface area contributed by atoms with Crippen molar-refractivity contribution in [1.82, 2.24) is 15.2 Å². The Morgan fingerprint density at radius 1 is 1.13 bits per heavy atom. The predicted molar refractivity (Wildman–Crippen MR) is 110 cm³/mol. The minimum atomic E-state index is -5.03. The minimum Gasteiger partial charge on any atom is -0.445 e. The number of nitrogens with zero attached hydrogens (tertiary/aromatic N) is 1. The molecule has 0 saturated carbocycles. The zero-order valence-corrected chi connectivity index (χ0v) is 19.2. The second kappa shape index (κ2) is 8.89. The van der Waals surface area contributed by atoms with E-state index < -0.39 is 50.9 Å². The molecule has 0 spiro atoms. The lowest BCUT2D eigenvalue weighted by Gasteiger charge is -2.58. The number of nitrogens with one attached hydrogen (secondary N) is 2. The van der Waals surface area contributed by atoms with Gasteiger partial charge in [0.1, 0.15) is 12.6 Å². The van der Waals surface area contributed by atoms with Gasteiger partial charge in [-0.1, -0.05) is 64.2 Å². The van der Waals surface area contributed by atoms with Gasteiger partial charge in [0.15, 0.2) is 8.24 Å². The number of alkyl halides is 3. The molecule has 1 heterocycles. The van der Waals surface area contributed by atoms with E-state index in [9.17, 15) is 27.6 Å². The third-order valence-electron chi connectivity index (χ3n) is 5.87. The van der Waals surface area contributed by atoms with E-state index in [0.717, 1.165) is 5.56 Å². The van der Waals surface area contributed by atoms with Crippen molar-refractivity contribution in [2.45, 2.75) is 63.8 Å². The minimum absolute atomic E-state index is 0.0188. The van der Waals surface area contributed by atoms with Gasteiger partial charge in [-0.15, -0.1) is 0 Å². The first kappa shape index (κ1) is 24.7. The second-order valence-electron chi connectivity index (χ2n) is 8.98. The Morgan fingerprint density at radius 2 is 1.71 bits per heavy atom. The van der Waals surface area contributed by atoms with E-state index in [1.165, 1.54) is 0 Å². The molecule has 1 saturated heterocycles. The van der Waals surface area contributed by atoms with Gasteiger partial charge in [-0.25, -0.2) is 4.79 Å². The van der Waals surface area contributed by atoms with Crippen LogP contribution in [0.25, 0.3) is 0 Å². The molecule has 3 amide bonds. The Balaban J connectivity index is 2.11.